The highest BCUT2D eigenvalue weighted by Crippen LogP contribution is 2.30. The molecule has 1 heterocycles. The highest BCUT2D eigenvalue weighted by molar-refractivity contribution is 5.66. The van der Waals surface area contributed by atoms with Crippen LogP contribution in [0.2, 0.25) is 0 Å². The van der Waals surface area contributed by atoms with Crippen molar-refractivity contribution in [2.24, 2.45) is 5.92 Å². The van der Waals surface area contributed by atoms with E-state index in [1.165, 1.54) is 0 Å². The van der Waals surface area contributed by atoms with Crippen LogP contribution in [0.25, 0.3) is 0 Å². The SMILES string of the molecule is Cc1nn(C(C)C)c(NCC(C)CCC(=O)O)c1[N+](=O)[O-]. The first-order chi connectivity index (χ1) is 9.73. The number of hydrogen-bond donors (Lipinski definition) is 2. The van der Waals surface area contributed by atoms with Gasteiger partial charge in [0.15, 0.2) is 0 Å². The van der Waals surface area contributed by atoms with Crippen molar-refractivity contribution in [2.45, 2.75) is 46.6 Å². The highest BCUT2D eigenvalue weighted by Gasteiger charge is 2.26. The monoisotopic (exact) mass is 298 g/mol. The molecule has 118 valence electrons. The van der Waals surface area contributed by atoms with Crippen molar-refractivity contribution in [3.63, 3.8) is 0 Å². The molecule has 2 N–H and O–H groups in total. The summed E-state index contributed by atoms with van der Waals surface area (Å²) in [6, 6.07) is -0.00535. The molecule has 1 aromatic heterocycles. The zero-order valence-corrected chi connectivity index (χ0v) is 12.8. The molecule has 0 radical (unpaired) electrons. The summed E-state index contributed by atoms with van der Waals surface area (Å²) in [5.74, 6) is -0.359. The van der Waals surface area contributed by atoms with E-state index in [0.717, 1.165) is 0 Å². The largest absolute Gasteiger partial charge is 0.481 e. The van der Waals surface area contributed by atoms with E-state index >= 15 is 0 Å². The van der Waals surface area contributed by atoms with E-state index in [2.05, 4.69) is 10.4 Å². The van der Waals surface area contributed by atoms with Crippen molar-refractivity contribution in [3.05, 3.63) is 15.8 Å². The van der Waals surface area contributed by atoms with Crippen molar-refractivity contribution in [1.29, 1.82) is 0 Å². The van der Waals surface area contributed by atoms with Gasteiger partial charge in [-0.25, -0.2) is 4.68 Å². The standard InChI is InChI=1S/C13H22N4O4/c1-8(2)16-13(12(17(20)21)10(4)15-16)14-7-9(3)5-6-11(18)19/h8-9,14H,5-7H2,1-4H3,(H,18,19). The zero-order valence-electron chi connectivity index (χ0n) is 12.8. The Bertz CT molecular complexity index is 524. The van der Waals surface area contributed by atoms with Gasteiger partial charge in [0, 0.05) is 19.0 Å². The number of hydrogen-bond acceptors (Lipinski definition) is 5. The molecule has 0 aliphatic carbocycles. The fourth-order valence-corrected chi connectivity index (χ4v) is 2.04. The molecular weight excluding hydrogens is 276 g/mol. The predicted molar refractivity (Wildman–Crippen MR) is 78.5 cm³/mol. The summed E-state index contributed by atoms with van der Waals surface area (Å²) in [5.41, 5.74) is 0.350. The smallest absolute Gasteiger partial charge is 0.333 e. The summed E-state index contributed by atoms with van der Waals surface area (Å²) < 4.78 is 1.59. The Kier molecular flexibility index (Phi) is 5.69. The number of rotatable bonds is 8. The molecule has 8 heteroatoms. The zero-order chi connectivity index (χ0) is 16.2. The highest BCUT2D eigenvalue weighted by atomic mass is 16.6. The molecule has 1 atom stereocenters. The Morgan fingerprint density at radius 2 is 2.10 bits per heavy atom. The topological polar surface area (TPSA) is 110 Å². The number of nitro groups is 1. The van der Waals surface area contributed by atoms with Gasteiger partial charge in [0.05, 0.1) is 4.92 Å². The van der Waals surface area contributed by atoms with Crippen LogP contribution in [0.5, 0.6) is 0 Å². The number of carboxylic acid groups (broad SMARTS) is 1. The summed E-state index contributed by atoms with van der Waals surface area (Å²) in [5, 5.41) is 27.1. The first kappa shape index (κ1) is 16.9. The summed E-state index contributed by atoms with van der Waals surface area (Å²) in [4.78, 5) is 21.3. The fraction of sp³-hybridized carbons (Fsp3) is 0.692. The van der Waals surface area contributed by atoms with Crippen LogP contribution >= 0.6 is 0 Å². The first-order valence-corrected chi connectivity index (χ1v) is 6.93. The predicted octanol–water partition coefficient (Wildman–Crippen LogP) is 2.59. The lowest BCUT2D eigenvalue weighted by atomic mass is 10.1. The van der Waals surface area contributed by atoms with Crippen LogP contribution in [0, 0.1) is 23.0 Å². The lowest BCUT2D eigenvalue weighted by Crippen LogP contribution is -2.17. The third kappa shape index (κ3) is 4.44. The van der Waals surface area contributed by atoms with Gasteiger partial charge in [-0.3, -0.25) is 14.9 Å². The quantitative estimate of drug-likeness (QED) is 0.563. The third-order valence-corrected chi connectivity index (χ3v) is 3.19. The molecule has 0 fully saturated rings. The van der Waals surface area contributed by atoms with Gasteiger partial charge in [-0.2, -0.15) is 5.10 Å². The van der Waals surface area contributed by atoms with Gasteiger partial charge in [-0.15, -0.1) is 0 Å². The molecule has 0 amide bonds. The van der Waals surface area contributed by atoms with E-state index in [0.29, 0.717) is 24.5 Å². The Hall–Kier alpha value is -2.12. The molecule has 0 saturated carbocycles. The Morgan fingerprint density at radius 1 is 1.48 bits per heavy atom. The molecule has 21 heavy (non-hydrogen) atoms. The summed E-state index contributed by atoms with van der Waals surface area (Å²) in [7, 11) is 0. The van der Waals surface area contributed by atoms with E-state index < -0.39 is 10.9 Å². The molecule has 0 aromatic carbocycles. The second-order valence-electron chi connectivity index (χ2n) is 5.50. The van der Waals surface area contributed by atoms with Crippen molar-refractivity contribution in [1.82, 2.24) is 9.78 Å². The Morgan fingerprint density at radius 3 is 2.57 bits per heavy atom. The lowest BCUT2D eigenvalue weighted by Gasteiger charge is -2.15. The maximum absolute atomic E-state index is 11.2. The number of nitrogens with zero attached hydrogens (tertiary/aromatic N) is 3. The van der Waals surface area contributed by atoms with Crippen LogP contribution in [0.4, 0.5) is 11.5 Å². The maximum atomic E-state index is 11.2. The van der Waals surface area contributed by atoms with Crippen LogP contribution in [-0.4, -0.2) is 32.3 Å². The summed E-state index contributed by atoms with van der Waals surface area (Å²) in [6.07, 6.45) is 0.609. The van der Waals surface area contributed by atoms with Crippen LogP contribution in [0.15, 0.2) is 0 Å². The third-order valence-electron chi connectivity index (χ3n) is 3.19. The Labute approximate surface area is 123 Å². The van der Waals surface area contributed by atoms with E-state index in [-0.39, 0.29) is 24.1 Å². The number of aliphatic carboxylic acids is 1. The Balaban J connectivity index is 2.86. The molecule has 0 bridgehead atoms. The number of carboxylic acids is 1. The molecular formula is C13H22N4O4. The number of anilines is 1. The van der Waals surface area contributed by atoms with E-state index in [9.17, 15) is 14.9 Å². The molecule has 0 spiro atoms. The van der Waals surface area contributed by atoms with E-state index in [1.54, 1.807) is 11.6 Å². The van der Waals surface area contributed by atoms with Gasteiger partial charge in [-0.05, 0) is 33.1 Å². The molecule has 1 aromatic rings. The van der Waals surface area contributed by atoms with Gasteiger partial charge < -0.3 is 10.4 Å². The molecule has 0 aliphatic heterocycles. The normalized spacial score (nSPS) is 12.4. The summed E-state index contributed by atoms with van der Waals surface area (Å²) in [6.45, 7) is 7.77. The average molecular weight is 298 g/mol. The number of carbonyl (C=O) groups is 1. The first-order valence-electron chi connectivity index (χ1n) is 6.93. The summed E-state index contributed by atoms with van der Waals surface area (Å²) >= 11 is 0. The van der Waals surface area contributed by atoms with Crippen LogP contribution in [0.3, 0.4) is 0 Å². The minimum Gasteiger partial charge on any atom is -0.481 e. The number of nitrogens with one attached hydrogen (secondary N) is 1. The van der Waals surface area contributed by atoms with Crippen molar-refractivity contribution >= 4 is 17.5 Å². The molecule has 8 nitrogen and oxygen atoms in total. The van der Waals surface area contributed by atoms with E-state index in [1.807, 2.05) is 20.8 Å². The molecule has 0 aliphatic rings. The minimum absolute atomic E-state index is 0.00535. The maximum Gasteiger partial charge on any atom is 0.333 e. The van der Waals surface area contributed by atoms with Crippen molar-refractivity contribution < 1.29 is 14.8 Å². The van der Waals surface area contributed by atoms with Gasteiger partial charge in [-0.1, -0.05) is 6.92 Å². The van der Waals surface area contributed by atoms with Gasteiger partial charge >= 0.3 is 11.7 Å². The van der Waals surface area contributed by atoms with Gasteiger partial charge in [0.25, 0.3) is 0 Å². The fourth-order valence-electron chi connectivity index (χ4n) is 2.04. The van der Waals surface area contributed by atoms with Gasteiger partial charge in [0.1, 0.15) is 5.69 Å². The van der Waals surface area contributed by atoms with Crippen LogP contribution in [0.1, 0.15) is 45.3 Å². The van der Waals surface area contributed by atoms with Gasteiger partial charge in [0.2, 0.25) is 5.82 Å². The van der Waals surface area contributed by atoms with Crippen LogP contribution < -0.4 is 5.32 Å². The minimum atomic E-state index is -0.837. The number of aryl methyl sites for hydroxylation is 1. The van der Waals surface area contributed by atoms with Crippen molar-refractivity contribution in [2.75, 3.05) is 11.9 Å². The average Bonchev–Trinajstić information content (AvgIpc) is 2.70. The van der Waals surface area contributed by atoms with Crippen molar-refractivity contribution in [3.8, 4) is 0 Å². The lowest BCUT2D eigenvalue weighted by molar-refractivity contribution is -0.384. The molecule has 0 saturated heterocycles. The van der Waals surface area contributed by atoms with Crippen LogP contribution in [-0.2, 0) is 4.79 Å². The van der Waals surface area contributed by atoms with E-state index in [4.69, 9.17) is 5.11 Å². The molecule has 1 unspecified atom stereocenters. The second kappa shape index (κ2) is 7.05. The molecule has 1 rings (SSSR count). The second-order valence-corrected chi connectivity index (χ2v) is 5.50. The number of aromatic nitrogens is 2.